The largest absolute Gasteiger partial charge is 0.297 e. The first kappa shape index (κ1) is 14.8. The van der Waals surface area contributed by atoms with Crippen LogP contribution in [0.4, 0.5) is 0 Å². The van der Waals surface area contributed by atoms with Gasteiger partial charge in [-0.3, -0.25) is 4.79 Å². The number of nitriles is 1. The first-order valence-corrected chi connectivity index (χ1v) is 7.25. The van der Waals surface area contributed by atoms with Crippen molar-refractivity contribution in [3.63, 3.8) is 0 Å². The minimum atomic E-state index is -0.825. The molecule has 1 aromatic carbocycles. The van der Waals surface area contributed by atoms with Crippen LogP contribution < -0.4 is 0 Å². The Morgan fingerprint density at radius 2 is 1.70 bits per heavy atom. The molecule has 0 bridgehead atoms. The molecule has 0 saturated heterocycles. The number of carbonyl (C=O) groups is 1. The second-order valence-corrected chi connectivity index (χ2v) is 6.96. The molecule has 2 nitrogen and oxygen atoms in total. The van der Waals surface area contributed by atoms with Crippen LogP contribution in [0.15, 0.2) is 12.1 Å². The summed E-state index contributed by atoms with van der Waals surface area (Å²) in [4.78, 5) is 12.7. The molecule has 20 heavy (non-hydrogen) atoms. The molecule has 1 fully saturated rings. The van der Waals surface area contributed by atoms with Gasteiger partial charge in [-0.05, 0) is 56.7 Å². The van der Waals surface area contributed by atoms with E-state index in [1.54, 1.807) is 0 Å². The summed E-state index contributed by atoms with van der Waals surface area (Å²) in [5.41, 5.74) is 3.59. The zero-order valence-corrected chi connectivity index (χ0v) is 13.1. The number of hydrogen-bond acceptors (Lipinski definition) is 2. The van der Waals surface area contributed by atoms with E-state index in [0.29, 0.717) is 12.8 Å². The number of Topliss-reactive ketones (excluding diaryl/α,β-unsaturated/α-hetero) is 1. The molecule has 0 aliphatic heterocycles. The highest BCUT2D eigenvalue weighted by Crippen LogP contribution is 2.47. The molecular weight excluding hydrogens is 246 g/mol. The molecule has 1 atom stereocenters. The highest BCUT2D eigenvalue weighted by Gasteiger charge is 2.52. The van der Waals surface area contributed by atoms with Crippen LogP contribution in [-0.4, -0.2) is 5.78 Å². The van der Waals surface area contributed by atoms with E-state index in [1.165, 1.54) is 22.3 Å². The molecule has 1 aliphatic rings. The van der Waals surface area contributed by atoms with Crippen LogP contribution in [0.1, 0.15) is 48.9 Å². The van der Waals surface area contributed by atoms with E-state index in [1.807, 2.05) is 13.8 Å². The number of hydrogen-bond donors (Lipinski definition) is 0. The van der Waals surface area contributed by atoms with Crippen LogP contribution >= 0.6 is 0 Å². The van der Waals surface area contributed by atoms with Crippen LogP contribution in [0.3, 0.4) is 0 Å². The first-order valence-electron chi connectivity index (χ1n) is 7.25. The number of ketones is 1. The van der Waals surface area contributed by atoms with E-state index in [0.717, 1.165) is 6.42 Å². The minimum Gasteiger partial charge on any atom is -0.297 e. The molecular formula is C18H23NO. The third kappa shape index (κ3) is 2.26. The van der Waals surface area contributed by atoms with Gasteiger partial charge in [-0.25, -0.2) is 0 Å². The topological polar surface area (TPSA) is 40.9 Å². The maximum absolute atomic E-state index is 12.7. The Balaban J connectivity index is 2.44. The van der Waals surface area contributed by atoms with Crippen molar-refractivity contribution in [2.75, 3.05) is 0 Å². The smallest absolute Gasteiger partial charge is 0.158 e. The maximum Gasteiger partial charge on any atom is 0.158 e. The van der Waals surface area contributed by atoms with Gasteiger partial charge in [0, 0.05) is 5.41 Å². The van der Waals surface area contributed by atoms with E-state index >= 15 is 0 Å². The Labute approximate surface area is 121 Å². The van der Waals surface area contributed by atoms with Crippen molar-refractivity contribution in [3.8, 4) is 6.07 Å². The van der Waals surface area contributed by atoms with Gasteiger partial charge in [0.2, 0.25) is 0 Å². The molecule has 0 amide bonds. The van der Waals surface area contributed by atoms with Gasteiger partial charge in [-0.15, -0.1) is 0 Å². The third-order valence-electron chi connectivity index (χ3n) is 4.76. The molecule has 0 aromatic heterocycles. The van der Waals surface area contributed by atoms with Gasteiger partial charge < -0.3 is 0 Å². The molecule has 0 heterocycles. The van der Waals surface area contributed by atoms with Crippen LogP contribution in [0.25, 0.3) is 0 Å². The summed E-state index contributed by atoms with van der Waals surface area (Å²) >= 11 is 0. The van der Waals surface area contributed by atoms with Gasteiger partial charge in [0.15, 0.2) is 5.78 Å². The molecule has 1 aliphatic carbocycles. The van der Waals surface area contributed by atoms with Crippen molar-refractivity contribution in [1.82, 2.24) is 0 Å². The van der Waals surface area contributed by atoms with E-state index in [4.69, 9.17) is 0 Å². The van der Waals surface area contributed by atoms with E-state index in [2.05, 4.69) is 39.0 Å². The predicted molar refractivity (Wildman–Crippen MR) is 80.4 cm³/mol. The zero-order chi connectivity index (χ0) is 15.1. The Kier molecular flexibility index (Phi) is 3.50. The van der Waals surface area contributed by atoms with E-state index < -0.39 is 5.41 Å². The van der Waals surface area contributed by atoms with E-state index in [9.17, 15) is 10.1 Å². The third-order valence-corrected chi connectivity index (χ3v) is 4.76. The molecule has 1 aromatic rings. The summed E-state index contributed by atoms with van der Waals surface area (Å²) in [5, 5.41) is 9.65. The molecule has 0 N–H and O–H groups in total. The number of aryl methyl sites for hydroxylation is 3. The van der Waals surface area contributed by atoms with Crippen molar-refractivity contribution in [2.24, 2.45) is 10.8 Å². The summed E-state index contributed by atoms with van der Waals surface area (Å²) in [7, 11) is 0. The maximum atomic E-state index is 12.7. The SMILES string of the molecule is Cc1cc(C)c(CC2(C#N)CCC(C)(C)C2=O)c(C)c1. The summed E-state index contributed by atoms with van der Waals surface area (Å²) in [6.45, 7) is 10.1. The lowest BCUT2D eigenvalue weighted by Crippen LogP contribution is -2.33. The average molecular weight is 269 g/mol. The normalized spacial score (nSPS) is 24.7. The molecule has 1 unspecified atom stereocenters. The Bertz CT molecular complexity index is 583. The van der Waals surface area contributed by atoms with E-state index in [-0.39, 0.29) is 11.2 Å². The van der Waals surface area contributed by atoms with Gasteiger partial charge in [0.1, 0.15) is 5.41 Å². The second-order valence-electron chi connectivity index (χ2n) is 6.96. The van der Waals surface area contributed by atoms with Crippen LogP contribution in [0.2, 0.25) is 0 Å². The van der Waals surface area contributed by atoms with Gasteiger partial charge in [0.05, 0.1) is 6.07 Å². The quantitative estimate of drug-likeness (QED) is 0.812. The highest BCUT2D eigenvalue weighted by atomic mass is 16.1. The first-order chi connectivity index (χ1) is 9.22. The Morgan fingerprint density at radius 1 is 1.15 bits per heavy atom. The number of benzene rings is 1. The monoisotopic (exact) mass is 269 g/mol. The zero-order valence-electron chi connectivity index (χ0n) is 13.1. The van der Waals surface area contributed by atoms with Crippen molar-refractivity contribution >= 4 is 5.78 Å². The van der Waals surface area contributed by atoms with Gasteiger partial charge in [0.25, 0.3) is 0 Å². The fraction of sp³-hybridized carbons (Fsp3) is 0.556. The Morgan fingerprint density at radius 3 is 2.10 bits per heavy atom. The molecule has 0 radical (unpaired) electrons. The molecule has 2 heteroatoms. The number of carbonyl (C=O) groups excluding carboxylic acids is 1. The molecule has 106 valence electrons. The lowest BCUT2D eigenvalue weighted by Gasteiger charge is -2.24. The number of rotatable bonds is 2. The fourth-order valence-corrected chi connectivity index (χ4v) is 3.51. The lowest BCUT2D eigenvalue weighted by molar-refractivity contribution is -0.130. The van der Waals surface area contributed by atoms with Crippen molar-refractivity contribution in [1.29, 1.82) is 5.26 Å². The van der Waals surface area contributed by atoms with Crippen molar-refractivity contribution < 1.29 is 4.79 Å². The summed E-state index contributed by atoms with van der Waals surface area (Å²) in [6, 6.07) is 6.62. The Hall–Kier alpha value is -1.62. The summed E-state index contributed by atoms with van der Waals surface area (Å²) < 4.78 is 0. The summed E-state index contributed by atoms with van der Waals surface area (Å²) in [5.74, 6) is 0.117. The minimum absolute atomic E-state index is 0.117. The molecule has 0 spiro atoms. The number of nitrogens with zero attached hydrogens (tertiary/aromatic N) is 1. The standard InChI is InChI=1S/C18H23NO/c1-12-8-13(2)15(14(3)9-12)10-18(11-19)7-6-17(4,5)16(18)20/h8-9H,6-7,10H2,1-5H3. The van der Waals surface area contributed by atoms with Gasteiger partial charge >= 0.3 is 0 Å². The average Bonchev–Trinajstić information content (AvgIpc) is 2.58. The van der Waals surface area contributed by atoms with Crippen LogP contribution in [0.5, 0.6) is 0 Å². The fourth-order valence-electron chi connectivity index (χ4n) is 3.51. The van der Waals surface area contributed by atoms with Crippen LogP contribution in [-0.2, 0) is 11.2 Å². The van der Waals surface area contributed by atoms with Gasteiger partial charge in [-0.1, -0.05) is 31.5 Å². The highest BCUT2D eigenvalue weighted by molar-refractivity contribution is 5.94. The molecule has 1 saturated carbocycles. The van der Waals surface area contributed by atoms with Crippen LogP contribution in [0, 0.1) is 42.9 Å². The van der Waals surface area contributed by atoms with Gasteiger partial charge in [-0.2, -0.15) is 5.26 Å². The van der Waals surface area contributed by atoms with Crippen molar-refractivity contribution in [3.05, 3.63) is 34.4 Å². The predicted octanol–water partition coefficient (Wildman–Crippen LogP) is 4.05. The lowest BCUT2D eigenvalue weighted by atomic mass is 9.75. The van der Waals surface area contributed by atoms with Crippen molar-refractivity contribution in [2.45, 2.75) is 53.9 Å². The summed E-state index contributed by atoms with van der Waals surface area (Å²) in [6.07, 6.45) is 2.05. The molecule has 2 rings (SSSR count). The second kappa shape index (κ2) is 4.74.